The third-order valence-electron chi connectivity index (χ3n) is 4.96. The highest BCUT2D eigenvalue weighted by atomic mass is 16.7. The Morgan fingerprint density at radius 2 is 0.971 bits per heavy atom. The first kappa shape index (κ1) is 30.9. The van der Waals surface area contributed by atoms with Crippen LogP contribution in [0.3, 0.4) is 0 Å². The maximum atomic E-state index is 12.9. The molecule has 1 aliphatic heterocycles. The minimum absolute atomic E-state index is 0.266. The van der Waals surface area contributed by atoms with Gasteiger partial charge in [0.2, 0.25) is 0 Å². The molecule has 1 rings (SSSR count). The summed E-state index contributed by atoms with van der Waals surface area (Å²) < 4.78 is 28.3. The molecule has 0 unspecified atom stereocenters. The van der Waals surface area contributed by atoms with Crippen molar-refractivity contribution in [2.75, 3.05) is 6.61 Å². The Balaban J connectivity index is 3.38. The lowest BCUT2D eigenvalue weighted by molar-refractivity contribution is -0.228. The monoisotopic (exact) mass is 499 g/mol. The highest BCUT2D eigenvalue weighted by Crippen LogP contribution is 2.32. The molecule has 0 aromatic heterocycles. The van der Waals surface area contributed by atoms with E-state index < -0.39 is 70.0 Å². The lowest BCUT2D eigenvalue weighted by Gasteiger charge is -2.42. The molecule has 1 aliphatic rings. The van der Waals surface area contributed by atoms with Gasteiger partial charge in [0, 0.05) is 0 Å². The summed E-state index contributed by atoms with van der Waals surface area (Å²) in [7, 11) is 0. The molecule has 4 atom stereocenters. The van der Waals surface area contributed by atoms with Crippen LogP contribution in [0, 0.1) is 28.3 Å². The summed E-state index contributed by atoms with van der Waals surface area (Å²) >= 11 is 0. The van der Waals surface area contributed by atoms with Gasteiger partial charge in [-0.2, -0.15) is 0 Å². The van der Waals surface area contributed by atoms with Crippen LogP contribution in [-0.2, 0) is 42.9 Å². The van der Waals surface area contributed by atoms with E-state index in [2.05, 4.69) is 0 Å². The maximum absolute atomic E-state index is 12.9. The van der Waals surface area contributed by atoms with Gasteiger partial charge < -0.3 is 23.7 Å². The lowest BCUT2D eigenvalue weighted by atomic mass is 9.93. The normalized spacial score (nSPS) is 23.8. The second-order valence-corrected chi connectivity index (χ2v) is 13.0. The van der Waals surface area contributed by atoms with Gasteiger partial charge >= 0.3 is 23.9 Å². The van der Waals surface area contributed by atoms with Gasteiger partial charge in [-0.3, -0.25) is 19.2 Å². The molecule has 0 spiro atoms. The summed E-state index contributed by atoms with van der Waals surface area (Å²) in [5.41, 5.74) is -3.38. The Morgan fingerprint density at radius 1 is 0.600 bits per heavy atom. The van der Waals surface area contributed by atoms with Crippen LogP contribution in [0.4, 0.5) is 0 Å². The van der Waals surface area contributed by atoms with Gasteiger partial charge in [-0.1, -0.05) is 0 Å². The zero-order valence-corrected chi connectivity index (χ0v) is 23.3. The van der Waals surface area contributed by atoms with Crippen LogP contribution in [0.15, 0.2) is 0 Å². The molecule has 9 heteroatoms. The van der Waals surface area contributed by atoms with Gasteiger partial charge in [-0.25, -0.2) is 0 Å². The largest absolute Gasteiger partial charge is 0.462 e. The van der Waals surface area contributed by atoms with Crippen molar-refractivity contribution in [2.24, 2.45) is 21.7 Å². The number of esters is 4. The predicted molar refractivity (Wildman–Crippen MR) is 128 cm³/mol. The van der Waals surface area contributed by atoms with Crippen molar-refractivity contribution < 1.29 is 42.9 Å². The Bertz CT molecular complexity index is 788. The van der Waals surface area contributed by atoms with Crippen molar-refractivity contribution in [3.05, 3.63) is 6.61 Å². The quantitative estimate of drug-likeness (QED) is 0.409. The first-order valence-corrected chi connectivity index (χ1v) is 11.8. The van der Waals surface area contributed by atoms with Crippen molar-refractivity contribution in [1.29, 1.82) is 0 Å². The summed E-state index contributed by atoms with van der Waals surface area (Å²) in [5, 5.41) is 0. The minimum Gasteiger partial charge on any atom is -0.462 e. The van der Waals surface area contributed by atoms with Gasteiger partial charge in [0.1, 0.15) is 19.3 Å². The number of rotatable bonds is 5. The molecule has 1 heterocycles. The summed E-state index contributed by atoms with van der Waals surface area (Å²) in [6.45, 7) is 21.2. The van der Waals surface area contributed by atoms with E-state index in [1.807, 2.05) is 0 Å². The van der Waals surface area contributed by atoms with E-state index in [4.69, 9.17) is 23.7 Å². The maximum Gasteiger partial charge on any atom is 0.311 e. The van der Waals surface area contributed by atoms with Gasteiger partial charge in [-0.05, 0) is 83.1 Å². The summed E-state index contributed by atoms with van der Waals surface area (Å²) in [6, 6.07) is 0. The fourth-order valence-electron chi connectivity index (χ4n) is 2.51. The molecule has 0 N–H and O–H groups in total. The molecule has 201 valence electrons. The van der Waals surface area contributed by atoms with Gasteiger partial charge in [0.15, 0.2) is 18.3 Å². The molecule has 1 radical (unpaired) electrons. The second kappa shape index (κ2) is 10.8. The first-order valence-electron chi connectivity index (χ1n) is 11.8. The molecule has 0 bridgehead atoms. The van der Waals surface area contributed by atoms with Gasteiger partial charge in [0.25, 0.3) is 0 Å². The van der Waals surface area contributed by atoms with E-state index in [0.29, 0.717) is 0 Å². The van der Waals surface area contributed by atoms with Crippen molar-refractivity contribution in [1.82, 2.24) is 0 Å². The molecule has 35 heavy (non-hydrogen) atoms. The SMILES string of the molecule is CC(C)(C)C(=O)OC[C@H]1O[CH][C@@H](OC(=O)C(C)(C)C)[C@@H](OC(=O)C(C)(C)C)[C@@H]1OC(=O)C(C)(C)C. The molecular weight excluding hydrogens is 456 g/mol. The number of hydrogen-bond acceptors (Lipinski definition) is 9. The van der Waals surface area contributed by atoms with Crippen molar-refractivity contribution in [3.63, 3.8) is 0 Å². The van der Waals surface area contributed by atoms with Crippen LogP contribution in [0.5, 0.6) is 0 Å². The standard InChI is InChI=1S/C26H43O9/c1-23(2,3)19(27)32-13-15-17(34-21(29)25(7,8)9)18(35-22(30)26(10,11)12)16(14-31-15)33-20(28)24(4,5)6/h14-18H,13H2,1-12H3/t15-,16-,17-,18-/m1/s1. The fourth-order valence-corrected chi connectivity index (χ4v) is 2.51. The van der Waals surface area contributed by atoms with Crippen LogP contribution in [-0.4, -0.2) is 54.9 Å². The third-order valence-corrected chi connectivity index (χ3v) is 4.96. The molecule has 0 saturated carbocycles. The Morgan fingerprint density at radius 3 is 1.37 bits per heavy atom. The molecule has 0 amide bonds. The van der Waals surface area contributed by atoms with E-state index in [9.17, 15) is 19.2 Å². The second-order valence-electron chi connectivity index (χ2n) is 13.0. The number of ether oxygens (including phenoxy) is 5. The Kier molecular flexibility index (Phi) is 9.57. The van der Waals surface area contributed by atoms with Gasteiger partial charge in [-0.15, -0.1) is 0 Å². The summed E-state index contributed by atoms with van der Waals surface area (Å²) in [6.07, 6.45) is -4.56. The molecule has 1 saturated heterocycles. The number of carbonyl (C=O) groups excluding carboxylic acids is 4. The van der Waals surface area contributed by atoms with Gasteiger partial charge in [0.05, 0.1) is 21.7 Å². The highest BCUT2D eigenvalue weighted by Gasteiger charge is 2.50. The smallest absolute Gasteiger partial charge is 0.311 e. The van der Waals surface area contributed by atoms with Crippen molar-refractivity contribution in [2.45, 2.75) is 108 Å². The highest BCUT2D eigenvalue weighted by molar-refractivity contribution is 5.78. The lowest BCUT2D eigenvalue weighted by Crippen LogP contribution is -2.58. The molecule has 0 aromatic rings. The molecule has 1 fully saturated rings. The molecule has 0 aromatic carbocycles. The first-order chi connectivity index (χ1) is 15.5. The number of hydrogen-bond donors (Lipinski definition) is 0. The Hall–Kier alpha value is -2.16. The van der Waals surface area contributed by atoms with Crippen LogP contribution >= 0.6 is 0 Å². The summed E-state index contributed by atoms with van der Waals surface area (Å²) in [5.74, 6) is -2.21. The predicted octanol–water partition coefficient (Wildman–Crippen LogP) is 4.01. The van der Waals surface area contributed by atoms with Crippen LogP contribution in [0.25, 0.3) is 0 Å². The number of carbonyl (C=O) groups is 4. The Labute approximate surface area is 209 Å². The van der Waals surface area contributed by atoms with E-state index in [0.717, 1.165) is 0 Å². The average Bonchev–Trinajstić information content (AvgIpc) is 2.65. The zero-order chi connectivity index (χ0) is 27.6. The molecule has 0 aliphatic carbocycles. The third kappa shape index (κ3) is 9.09. The van der Waals surface area contributed by atoms with Crippen LogP contribution < -0.4 is 0 Å². The van der Waals surface area contributed by atoms with Crippen molar-refractivity contribution in [3.8, 4) is 0 Å². The van der Waals surface area contributed by atoms with Crippen molar-refractivity contribution >= 4 is 23.9 Å². The van der Waals surface area contributed by atoms with Crippen LogP contribution in [0.1, 0.15) is 83.1 Å². The topological polar surface area (TPSA) is 114 Å². The van der Waals surface area contributed by atoms with Crippen LogP contribution in [0.2, 0.25) is 0 Å². The van der Waals surface area contributed by atoms with E-state index in [1.165, 1.54) is 6.61 Å². The summed E-state index contributed by atoms with van der Waals surface area (Å²) in [4.78, 5) is 50.7. The minimum atomic E-state index is -1.22. The molecular formula is C26H43O9. The fraction of sp³-hybridized carbons (Fsp3) is 0.808. The van der Waals surface area contributed by atoms with E-state index >= 15 is 0 Å². The molecule has 9 nitrogen and oxygen atoms in total. The van der Waals surface area contributed by atoms with E-state index in [-0.39, 0.29) is 6.61 Å². The zero-order valence-electron chi connectivity index (χ0n) is 23.3. The average molecular weight is 500 g/mol. The van der Waals surface area contributed by atoms with E-state index in [1.54, 1.807) is 83.1 Å².